The molecule has 0 unspecified atom stereocenters. The Labute approximate surface area is 53.3 Å². The number of rotatable bonds is 0. The smallest absolute Gasteiger partial charge is 0.192 e. The summed E-state index contributed by atoms with van der Waals surface area (Å²) in [4.78, 5) is 0.521. The van der Waals surface area contributed by atoms with Gasteiger partial charge in [0, 0.05) is 6.42 Å². The summed E-state index contributed by atoms with van der Waals surface area (Å²) in [6, 6.07) is 0. The molecule has 0 aromatic carbocycles. The summed E-state index contributed by atoms with van der Waals surface area (Å²) in [5.41, 5.74) is 0. The molecule has 0 saturated carbocycles. The second kappa shape index (κ2) is 2.09. The van der Waals surface area contributed by atoms with Crippen molar-refractivity contribution in [1.29, 1.82) is 0 Å². The van der Waals surface area contributed by atoms with Crippen LogP contribution < -0.4 is 0 Å². The molecule has 0 aromatic rings. The highest BCUT2D eigenvalue weighted by molar-refractivity contribution is 7.80. The summed E-state index contributed by atoms with van der Waals surface area (Å²) in [5, 5.41) is 10.5. The summed E-state index contributed by atoms with van der Waals surface area (Å²) in [5.74, 6) is -0.0116. The van der Waals surface area contributed by atoms with Gasteiger partial charge in [-0.3, -0.25) is 5.11 Å². The van der Waals surface area contributed by atoms with Crippen LogP contribution in [0.2, 0.25) is 0 Å². The van der Waals surface area contributed by atoms with Gasteiger partial charge in [0.25, 0.3) is 0 Å². The zero-order chi connectivity index (χ0) is 5.98. The van der Waals surface area contributed by atoms with E-state index in [1.807, 2.05) is 6.08 Å². The quantitative estimate of drug-likeness (QED) is 0.450. The first-order chi connectivity index (χ1) is 3.80. The highest BCUT2D eigenvalue weighted by atomic mass is 32.1. The minimum Gasteiger partial charge on any atom is -0.289 e. The van der Waals surface area contributed by atoms with Crippen molar-refractivity contribution in [2.24, 2.45) is 0 Å². The van der Waals surface area contributed by atoms with E-state index in [0.29, 0.717) is 11.3 Å². The van der Waals surface area contributed by atoms with Crippen LogP contribution in [0.15, 0.2) is 24.0 Å². The fourth-order valence-corrected chi connectivity index (χ4v) is 0.688. The van der Waals surface area contributed by atoms with Gasteiger partial charge in [-0.15, -0.1) is 0 Å². The predicted molar refractivity (Wildman–Crippen MR) is 35.1 cm³/mol. The van der Waals surface area contributed by atoms with E-state index in [0.717, 1.165) is 0 Å². The summed E-state index contributed by atoms with van der Waals surface area (Å²) in [6.07, 6.45) is 5.75. The fraction of sp³-hybridized carbons (Fsp3) is 0.167. The Kier molecular flexibility index (Phi) is 1.44. The lowest BCUT2D eigenvalue weighted by atomic mass is 10.2. The SMILES string of the molecule is [O]C1=CC=CCC1=S. The first-order valence-corrected chi connectivity index (χ1v) is 2.78. The number of hydrogen-bond donors (Lipinski definition) is 0. The third-order valence-electron chi connectivity index (χ3n) is 0.962. The van der Waals surface area contributed by atoms with Crippen LogP contribution in [0.4, 0.5) is 0 Å². The van der Waals surface area contributed by atoms with Gasteiger partial charge in [0.05, 0.1) is 4.86 Å². The molecule has 1 aliphatic carbocycles. The van der Waals surface area contributed by atoms with Crippen LogP contribution in [0.1, 0.15) is 6.42 Å². The van der Waals surface area contributed by atoms with Crippen molar-refractivity contribution >= 4 is 17.1 Å². The number of hydrogen-bond acceptors (Lipinski definition) is 1. The van der Waals surface area contributed by atoms with Crippen LogP contribution >= 0.6 is 12.2 Å². The molecule has 0 aliphatic heterocycles. The highest BCUT2D eigenvalue weighted by Crippen LogP contribution is 2.05. The molecule has 2 heteroatoms. The zero-order valence-corrected chi connectivity index (χ0v) is 5.07. The largest absolute Gasteiger partial charge is 0.289 e. The Balaban J connectivity index is 2.80. The first-order valence-electron chi connectivity index (χ1n) is 2.38. The van der Waals surface area contributed by atoms with Gasteiger partial charge in [-0.25, -0.2) is 0 Å². The van der Waals surface area contributed by atoms with Crippen LogP contribution in [-0.4, -0.2) is 4.86 Å². The van der Waals surface area contributed by atoms with Gasteiger partial charge in [-0.05, 0) is 6.08 Å². The minimum atomic E-state index is -0.0116. The lowest BCUT2D eigenvalue weighted by molar-refractivity contribution is 0.325. The molecule has 0 bridgehead atoms. The molecule has 1 rings (SSSR count). The molecule has 0 aromatic heterocycles. The summed E-state index contributed by atoms with van der Waals surface area (Å²) >= 11 is 4.70. The molecule has 8 heavy (non-hydrogen) atoms. The van der Waals surface area contributed by atoms with E-state index >= 15 is 0 Å². The van der Waals surface area contributed by atoms with E-state index in [4.69, 9.17) is 12.2 Å². The van der Waals surface area contributed by atoms with E-state index in [-0.39, 0.29) is 5.76 Å². The van der Waals surface area contributed by atoms with E-state index in [9.17, 15) is 5.11 Å². The summed E-state index contributed by atoms with van der Waals surface area (Å²) < 4.78 is 0. The van der Waals surface area contributed by atoms with Crippen molar-refractivity contribution in [2.45, 2.75) is 6.42 Å². The molecule has 0 atom stereocenters. The van der Waals surface area contributed by atoms with Crippen LogP contribution in [0.3, 0.4) is 0 Å². The lowest BCUT2D eigenvalue weighted by Crippen LogP contribution is -1.97. The van der Waals surface area contributed by atoms with Crippen molar-refractivity contribution in [2.75, 3.05) is 0 Å². The molecule has 0 saturated heterocycles. The van der Waals surface area contributed by atoms with E-state index in [1.165, 1.54) is 6.08 Å². The topological polar surface area (TPSA) is 19.9 Å². The van der Waals surface area contributed by atoms with Crippen LogP contribution in [0.25, 0.3) is 0 Å². The van der Waals surface area contributed by atoms with Crippen LogP contribution in [0.5, 0.6) is 0 Å². The maximum Gasteiger partial charge on any atom is 0.192 e. The fourth-order valence-electron chi connectivity index (χ4n) is 0.524. The molecule has 1 aliphatic rings. The first kappa shape index (κ1) is 5.51. The van der Waals surface area contributed by atoms with E-state index in [2.05, 4.69) is 0 Å². The third kappa shape index (κ3) is 0.954. The van der Waals surface area contributed by atoms with Gasteiger partial charge >= 0.3 is 0 Å². The zero-order valence-electron chi connectivity index (χ0n) is 4.26. The Hall–Kier alpha value is -0.630. The van der Waals surface area contributed by atoms with E-state index < -0.39 is 0 Å². The number of allylic oxidation sites excluding steroid dienone is 4. The van der Waals surface area contributed by atoms with Crippen molar-refractivity contribution in [3.63, 3.8) is 0 Å². The monoisotopic (exact) mass is 125 g/mol. The van der Waals surface area contributed by atoms with Gasteiger partial charge < -0.3 is 0 Å². The summed E-state index contributed by atoms with van der Waals surface area (Å²) in [7, 11) is 0. The van der Waals surface area contributed by atoms with Gasteiger partial charge in [-0.2, -0.15) is 0 Å². The Morgan fingerprint density at radius 2 is 2.38 bits per heavy atom. The Bertz CT molecular complexity index is 167. The van der Waals surface area contributed by atoms with Crippen molar-refractivity contribution in [3.05, 3.63) is 24.0 Å². The molecule has 1 nitrogen and oxygen atoms in total. The van der Waals surface area contributed by atoms with Crippen molar-refractivity contribution < 1.29 is 5.11 Å². The van der Waals surface area contributed by atoms with Gasteiger partial charge in [-0.1, -0.05) is 24.4 Å². The Morgan fingerprint density at radius 3 is 2.75 bits per heavy atom. The van der Waals surface area contributed by atoms with Gasteiger partial charge in [0.15, 0.2) is 5.76 Å². The summed E-state index contributed by atoms with van der Waals surface area (Å²) in [6.45, 7) is 0. The number of thiocarbonyl (C=S) groups is 1. The predicted octanol–water partition coefficient (Wildman–Crippen LogP) is 1.63. The average Bonchev–Trinajstić information content (AvgIpc) is 1.77. The maximum absolute atomic E-state index is 10.5. The van der Waals surface area contributed by atoms with Crippen LogP contribution in [0, 0.1) is 0 Å². The van der Waals surface area contributed by atoms with Crippen molar-refractivity contribution in [1.82, 2.24) is 0 Å². The lowest BCUT2D eigenvalue weighted by Gasteiger charge is -1.97. The van der Waals surface area contributed by atoms with Gasteiger partial charge in [0.1, 0.15) is 0 Å². The van der Waals surface area contributed by atoms with Gasteiger partial charge in [0.2, 0.25) is 0 Å². The standard InChI is InChI=1S/C6H5OS/c7-5-3-1-2-4-6(5)8/h1-3H,4H2. The Morgan fingerprint density at radius 1 is 1.62 bits per heavy atom. The molecule has 41 valence electrons. The molecule has 0 heterocycles. The van der Waals surface area contributed by atoms with Crippen molar-refractivity contribution in [3.8, 4) is 0 Å². The third-order valence-corrected chi connectivity index (χ3v) is 1.33. The maximum atomic E-state index is 10.5. The van der Waals surface area contributed by atoms with E-state index in [1.54, 1.807) is 6.08 Å². The molecular weight excluding hydrogens is 120 g/mol. The molecule has 0 amide bonds. The molecular formula is C6H5OS. The molecule has 0 spiro atoms. The van der Waals surface area contributed by atoms with Crippen LogP contribution in [-0.2, 0) is 5.11 Å². The molecule has 0 fully saturated rings. The molecule has 1 radical (unpaired) electrons. The average molecular weight is 125 g/mol. The molecule has 0 N–H and O–H groups in total. The second-order valence-corrected chi connectivity index (χ2v) is 2.08. The second-order valence-electron chi connectivity index (χ2n) is 1.59. The normalized spacial score (nSPS) is 18.5. The minimum absolute atomic E-state index is 0.0116. The highest BCUT2D eigenvalue weighted by Gasteiger charge is 2.03.